The zero-order valence-electron chi connectivity index (χ0n) is 9.56. The third-order valence-corrected chi connectivity index (χ3v) is 1.97. The molecule has 16 heavy (non-hydrogen) atoms. The summed E-state index contributed by atoms with van der Waals surface area (Å²) in [5.41, 5.74) is 1.52. The number of rotatable bonds is 5. The van der Waals surface area contributed by atoms with Crippen LogP contribution in [0.5, 0.6) is 0 Å². The second-order valence-electron chi connectivity index (χ2n) is 3.76. The van der Waals surface area contributed by atoms with E-state index < -0.39 is 0 Å². The molecule has 1 aromatic carbocycles. The molecular formula is C12H17NO3. The molecule has 0 bridgehead atoms. The largest absolute Gasteiger partial charge is 0.392 e. The van der Waals surface area contributed by atoms with E-state index in [2.05, 4.69) is 5.32 Å². The first-order chi connectivity index (χ1) is 7.61. The zero-order valence-corrected chi connectivity index (χ0v) is 9.56. The van der Waals surface area contributed by atoms with Crippen molar-refractivity contribution in [2.75, 3.05) is 11.9 Å². The van der Waals surface area contributed by atoms with Crippen molar-refractivity contribution in [1.82, 2.24) is 0 Å². The molecule has 0 aromatic heterocycles. The van der Waals surface area contributed by atoms with E-state index in [1.807, 2.05) is 13.8 Å². The summed E-state index contributed by atoms with van der Waals surface area (Å²) in [5, 5.41) is 11.6. The van der Waals surface area contributed by atoms with Crippen LogP contribution >= 0.6 is 0 Å². The molecule has 0 radical (unpaired) electrons. The van der Waals surface area contributed by atoms with E-state index in [1.54, 1.807) is 24.3 Å². The summed E-state index contributed by atoms with van der Waals surface area (Å²) in [7, 11) is 0. The Kier molecular flexibility index (Phi) is 4.95. The van der Waals surface area contributed by atoms with Crippen molar-refractivity contribution in [2.24, 2.45) is 0 Å². The average Bonchev–Trinajstić information content (AvgIpc) is 2.27. The first-order valence-corrected chi connectivity index (χ1v) is 5.23. The van der Waals surface area contributed by atoms with Crippen molar-refractivity contribution in [3.05, 3.63) is 29.8 Å². The Morgan fingerprint density at radius 3 is 2.50 bits per heavy atom. The van der Waals surface area contributed by atoms with Crippen LogP contribution in [-0.2, 0) is 16.1 Å². The summed E-state index contributed by atoms with van der Waals surface area (Å²) in [6, 6.07) is 7.02. The standard InChI is InChI=1S/C12H17NO3/c1-9(2)16-8-12(15)13-11-5-3-10(7-14)4-6-11/h3-6,9,14H,7-8H2,1-2H3,(H,13,15). The van der Waals surface area contributed by atoms with Crippen molar-refractivity contribution in [2.45, 2.75) is 26.6 Å². The summed E-state index contributed by atoms with van der Waals surface area (Å²) in [6.45, 7) is 3.82. The van der Waals surface area contributed by atoms with Crippen LogP contribution in [0.25, 0.3) is 0 Å². The topological polar surface area (TPSA) is 58.6 Å². The maximum absolute atomic E-state index is 11.4. The molecule has 0 spiro atoms. The highest BCUT2D eigenvalue weighted by atomic mass is 16.5. The maximum Gasteiger partial charge on any atom is 0.250 e. The first kappa shape index (κ1) is 12.7. The zero-order chi connectivity index (χ0) is 12.0. The van der Waals surface area contributed by atoms with Gasteiger partial charge in [-0.3, -0.25) is 4.79 Å². The minimum absolute atomic E-state index is 0.00465. The summed E-state index contributed by atoms with van der Waals surface area (Å²) in [4.78, 5) is 11.4. The molecule has 1 amide bonds. The second kappa shape index (κ2) is 6.25. The predicted octanol–water partition coefficient (Wildman–Crippen LogP) is 1.54. The minimum Gasteiger partial charge on any atom is -0.392 e. The van der Waals surface area contributed by atoms with Crippen molar-refractivity contribution < 1.29 is 14.6 Å². The molecule has 1 rings (SSSR count). The number of carbonyl (C=O) groups is 1. The Hall–Kier alpha value is -1.39. The summed E-state index contributed by atoms with van der Waals surface area (Å²) in [6.07, 6.45) is 0.0440. The van der Waals surface area contributed by atoms with E-state index in [-0.39, 0.29) is 25.2 Å². The first-order valence-electron chi connectivity index (χ1n) is 5.23. The third-order valence-electron chi connectivity index (χ3n) is 1.97. The van der Waals surface area contributed by atoms with E-state index in [4.69, 9.17) is 9.84 Å². The highest BCUT2D eigenvalue weighted by Crippen LogP contribution is 2.09. The lowest BCUT2D eigenvalue weighted by Crippen LogP contribution is -2.20. The van der Waals surface area contributed by atoms with Gasteiger partial charge in [0.2, 0.25) is 5.91 Å². The molecule has 0 unspecified atom stereocenters. The lowest BCUT2D eigenvalue weighted by Gasteiger charge is -2.08. The van der Waals surface area contributed by atoms with Crippen molar-refractivity contribution >= 4 is 11.6 Å². The highest BCUT2D eigenvalue weighted by Gasteiger charge is 2.03. The Bertz CT molecular complexity index is 333. The minimum atomic E-state index is -0.176. The normalized spacial score (nSPS) is 10.5. The van der Waals surface area contributed by atoms with Crippen molar-refractivity contribution in [1.29, 1.82) is 0 Å². The van der Waals surface area contributed by atoms with Gasteiger partial charge in [-0.25, -0.2) is 0 Å². The van der Waals surface area contributed by atoms with Gasteiger partial charge in [0.1, 0.15) is 6.61 Å². The van der Waals surface area contributed by atoms with Crippen LogP contribution in [0.2, 0.25) is 0 Å². The van der Waals surface area contributed by atoms with Crippen LogP contribution < -0.4 is 5.32 Å². The number of ether oxygens (including phenoxy) is 1. The molecule has 0 aliphatic rings. The Morgan fingerprint density at radius 1 is 1.38 bits per heavy atom. The quantitative estimate of drug-likeness (QED) is 0.796. The molecule has 4 nitrogen and oxygen atoms in total. The Labute approximate surface area is 95.2 Å². The molecule has 0 aliphatic heterocycles. The van der Waals surface area contributed by atoms with Gasteiger partial charge in [-0.2, -0.15) is 0 Å². The number of carbonyl (C=O) groups excluding carboxylic acids is 1. The van der Waals surface area contributed by atoms with E-state index in [0.29, 0.717) is 5.69 Å². The average molecular weight is 223 g/mol. The lowest BCUT2D eigenvalue weighted by molar-refractivity contribution is -0.121. The van der Waals surface area contributed by atoms with Gasteiger partial charge < -0.3 is 15.2 Å². The van der Waals surface area contributed by atoms with Crippen LogP contribution in [0, 0.1) is 0 Å². The number of amides is 1. The number of anilines is 1. The summed E-state index contributed by atoms with van der Waals surface area (Å²) in [5.74, 6) is -0.176. The van der Waals surface area contributed by atoms with Gasteiger partial charge in [0.15, 0.2) is 0 Å². The van der Waals surface area contributed by atoms with Gasteiger partial charge in [-0.05, 0) is 31.5 Å². The summed E-state index contributed by atoms with van der Waals surface area (Å²) < 4.78 is 5.17. The van der Waals surface area contributed by atoms with Crippen LogP contribution in [-0.4, -0.2) is 23.7 Å². The van der Waals surface area contributed by atoms with Crippen molar-refractivity contribution in [3.8, 4) is 0 Å². The highest BCUT2D eigenvalue weighted by molar-refractivity contribution is 5.91. The van der Waals surface area contributed by atoms with E-state index >= 15 is 0 Å². The molecule has 0 fully saturated rings. The molecule has 4 heteroatoms. The number of aliphatic hydroxyl groups excluding tert-OH is 1. The smallest absolute Gasteiger partial charge is 0.250 e. The number of benzene rings is 1. The molecule has 2 N–H and O–H groups in total. The number of nitrogens with one attached hydrogen (secondary N) is 1. The van der Waals surface area contributed by atoms with Gasteiger partial charge in [0.25, 0.3) is 0 Å². The number of hydrogen-bond donors (Lipinski definition) is 2. The van der Waals surface area contributed by atoms with Gasteiger partial charge >= 0.3 is 0 Å². The fourth-order valence-electron chi connectivity index (χ4n) is 1.13. The van der Waals surface area contributed by atoms with Gasteiger partial charge in [0.05, 0.1) is 12.7 Å². The SMILES string of the molecule is CC(C)OCC(=O)Nc1ccc(CO)cc1. The van der Waals surface area contributed by atoms with Crippen molar-refractivity contribution in [3.63, 3.8) is 0 Å². The van der Waals surface area contributed by atoms with Crippen LogP contribution in [0.4, 0.5) is 5.69 Å². The molecule has 0 aliphatic carbocycles. The molecule has 0 heterocycles. The maximum atomic E-state index is 11.4. The lowest BCUT2D eigenvalue weighted by atomic mass is 10.2. The Morgan fingerprint density at radius 2 is 2.00 bits per heavy atom. The van der Waals surface area contributed by atoms with Crippen LogP contribution in [0.1, 0.15) is 19.4 Å². The van der Waals surface area contributed by atoms with E-state index in [0.717, 1.165) is 5.56 Å². The monoisotopic (exact) mass is 223 g/mol. The number of aliphatic hydroxyl groups is 1. The fraction of sp³-hybridized carbons (Fsp3) is 0.417. The van der Waals surface area contributed by atoms with E-state index in [9.17, 15) is 4.79 Å². The molecule has 0 saturated carbocycles. The predicted molar refractivity (Wildman–Crippen MR) is 62.1 cm³/mol. The fourth-order valence-corrected chi connectivity index (χ4v) is 1.13. The molecule has 0 atom stereocenters. The number of hydrogen-bond acceptors (Lipinski definition) is 3. The van der Waals surface area contributed by atoms with E-state index in [1.165, 1.54) is 0 Å². The molecule has 1 aromatic rings. The molecular weight excluding hydrogens is 206 g/mol. The molecule has 0 saturated heterocycles. The van der Waals surface area contributed by atoms with Gasteiger partial charge in [0, 0.05) is 5.69 Å². The van der Waals surface area contributed by atoms with Crippen LogP contribution in [0.3, 0.4) is 0 Å². The Balaban J connectivity index is 2.43. The second-order valence-corrected chi connectivity index (χ2v) is 3.76. The van der Waals surface area contributed by atoms with Gasteiger partial charge in [-0.1, -0.05) is 12.1 Å². The molecule has 88 valence electrons. The van der Waals surface area contributed by atoms with Gasteiger partial charge in [-0.15, -0.1) is 0 Å². The third kappa shape index (κ3) is 4.42. The summed E-state index contributed by atoms with van der Waals surface area (Å²) >= 11 is 0. The van der Waals surface area contributed by atoms with Crippen LogP contribution in [0.15, 0.2) is 24.3 Å².